The second-order valence-corrected chi connectivity index (χ2v) is 7.88. The van der Waals surface area contributed by atoms with Crippen LogP contribution in [0.5, 0.6) is 5.75 Å². The number of hydrogen-bond donors (Lipinski definition) is 1. The van der Waals surface area contributed by atoms with Crippen LogP contribution in [0.25, 0.3) is 11.6 Å². The molecule has 0 saturated heterocycles. The number of carbonyl (C=O) groups excluding carboxylic acids is 1. The third kappa shape index (κ3) is 2.81. The number of fused-ring (bicyclic) bond motifs is 3. The molecule has 5 nitrogen and oxygen atoms in total. The van der Waals surface area contributed by atoms with E-state index in [0.29, 0.717) is 47.6 Å². The summed E-state index contributed by atoms with van der Waals surface area (Å²) in [4.78, 5) is 11.3. The van der Waals surface area contributed by atoms with Crippen molar-refractivity contribution in [2.75, 3.05) is 13.7 Å². The first-order valence-corrected chi connectivity index (χ1v) is 10.2. The maximum Gasteiger partial charge on any atom is 0.737 e. The van der Waals surface area contributed by atoms with Crippen molar-refractivity contribution in [3.8, 4) is 5.75 Å². The summed E-state index contributed by atoms with van der Waals surface area (Å²) in [6.07, 6.45) is 3.03. The van der Waals surface area contributed by atoms with Gasteiger partial charge in [0.1, 0.15) is 5.75 Å². The fourth-order valence-electron chi connectivity index (χ4n) is 4.90. The second kappa shape index (κ2) is 7.11. The Kier molecular flexibility index (Phi) is 4.83. The SMILES string of the molecule is CCc1c(C)c2n(c1C)[B-](F)(F)[N+]1=c3ccc(OC)cc3=C(CCNC(C)=O)C1=C2. The molecular formula is C22H26BF2N3O2. The lowest BCUT2D eigenvalue weighted by Gasteiger charge is -2.30. The second-order valence-electron chi connectivity index (χ2n) is 7.88. The lowest BCUT2D eigenvalue weighted by atomic mass is 9.89. The van der Waals surface area contributed by atoms with E-state index in [1.54, 1.807) is 32.2 Å². The Labute approximate surface area is 174 Å². The van der Waals surface area contributed by atoms with E-state index in [0.717, 1.165) is 21.9 Å². The number of halogens is 2. The van der Waals surface area contributed by atoms with Crippen LogP contribution < -0.4 is 25.1 Å². The summed E-state index contributed by atoms with van der Waals surface area (Å²) < 4.78 is 39.8. The topological polar surface area (TPSA) is 46.3 Å². The zero-order chi connectivity index (χ0) is 21.8. The summed E-state index contributed by atoms with van der Waals surface area (Å²) in [6.45, 7) is 3.45. The van der Waals surface area contributed by atoms with Crippen molar-refractivity contribution in [2.45, 2.75) is 40.5 Å². The van der Waals surface area contributed by atoms with Crippen LogP contribution in [0, 0.1) is 13.8 Å². The molecule has 0 fully saturated rings. The Bertz CT molecular complexity index is 1230. The normalized spacial score (nSPS) is 16.0. The first kappa shape index (κ1) is 20.4. The minimum absolute atomic E-state index is 0.142. The zero-order valence-corrected chi connectivity index (χ0v) is 18.0. The van der Waals surface area contributed by atoms with Gasteiger partial charge in [0.05, 0.1) is 12.3 Å². The lowest BCUT2D eigenvalue weighted by Crippen LogP contribution is -2.56. The Morgan fingerprint density at radius 3 is 2.67 bits per heavy atom. The van der Waals surface area contributed by atoms with Gasteiger partial charge < -0.3 is 27.6 Å². The van der Waals surface area contributed by atoms with Gasteiger partial charge in [-0.2, -0.15) is 0 Å². The molecule has 3 heterocycles. The molecule has 0 saturated carbocycles. The minimum atomic E-state index is -4.06. The maximum absolute atomic E-state index is 16.0. The molecule has 0 atom stereocenters. The van der Waals surface area contributed by atoms with Gasteiger partial charge in [-0.15, -0.1) is 0 Å². The van der Waals surface area contributed by atoms with Crippen LogP contribution in [0.3, 0.4) is 0 Å². The molecule has 0 bridgehead atoms. The number of allylic oxidation sites excluding steroid dienone is 1. The summed E-state index contributed by atoms with van der Waals surface area (Å²) in [5, 5.41) is 3.97. The highest BCUT2D eigenvalue weighted by atomic mass is 19.2. The number of hydrogen-bond acceptors (Lipinski definition) is 2. The standard InChI is InChI=1S/C22H26BF2N3O2/c1-6-17-13(2)21-12-22-18(9-10-26-15(4)29)19-11-16(30-5)7-8-20(19)28(22)23(24,25)27(21)14(17)3/h7-8,11-12H,6,9-10H2,1-5H3,(H,26,29). The van der Waals surface area contributed by atoms with Crippen molar-refractivity contribution in [3.05, 3.63) is 57.0 Å². The molecule has 1 aromatic heterocycles. The molecule has 2 aromatic rings. The number of methoxy groups -OCH3 is 1. The van der Waals surface area contributed by atoms with Gasteiger partial charge in [-0.1, -0.05) is 6.92 Å². The van der Waals surface area contributed by atoms with Crippen molar-refractivity contribution in [1.29, 1.82) is 0 Å². The summed E-state index contributed by atoms with van der Waals surface area (Å²) in [5.74, 6) is 0.471. The van der Waals surface area contributed by atoms with Gasteiger partial charge in [0.25, 0.3) is 0 Å². The third-order valence-electron chi connectivity index (χ3n) is 6.25. The molecule has 1 amide bonds. The van der Waals surface area contributed by atoms with Gasteiger partial charge in [-0.25, -0.2) is 0 Å². The van der Waals surface area contributed by atoms with E-state index in [2.05, 4.69) is 5.32 Å². The summed E-state index contributed by atoms with van der Waals surface area (Å²) in [7, 11) is 1.56. The third-order valence-corrected chi connectivity index (χ3v) is 6.25. The van der Waals surface area contributed by atoms with Gasteiger partial charge in [0.2, 0.25) is 5.91 Å². The quantitative estimate of drug-likeness (QED) is 0.764. The molecule has 0 aliphatic carbocycles. The van der Waals surface area contributed by atoms with Gasteiger partial charge >= 0.3 is 6.97 Å². The van der Waals surface area contributed by atoms with Crippen LogP contribution in [0.1, 0.15) is 42.8 Å². The van der Waals surface area contributed by atoms with E-state index >= 15 is 8.63 Å². The van der Waals surface area contributed by atoms with Crippen molar-refractivity contribution >= 4 is 24.5 Å². The Balaban J connectivity index is 2.02. The molecule has 2 aliphatic heterocycles. The summed E-state index contributed by atoms with van der Waals surface area (Å²) in [5.41, 5.74) is 4.35. The molecule has 0 radical (unpaired) electrons. The van der Waals surface area contributed by atoms with Crippen molar-refractivity contribution < 1.29 is 18.2 Å². The molecule has 8 heteroatoms. The van der Waals surface area contributed by atoms with E-state index in [1.807, 2.05) is 19.9 Å². The van der Waals surface area contributed by atoms with Gasteiger partial charge in [0, 0.05) is 36.9 Å². The average Bonchev–Trinajstić information content (AvgIpc) is 3.13. The lowest BCUT2D eigenvalue weighted by molar-refractivity contribution is -0.118. The zero-order valence-electron chi connectivity index (χ0n) is 18.0. The molecule has 0 spiro atoms. The molecule has 1 aromatic carbocycles. The van der Waals surface area contributed by atoms with Gasteiger partial charge in [-0.3, -0.25) is 4.79 Å². The first-order valence-electron chi connectivity index (χ1n) is 10.2. The fourth-order valence-corrected chi connectivity index (χ4v) is 4.90. The van der Waals surface area contributed by atoms with Gasteiger partial charge in [-0.05, 0) is 55.6 Å². The number of nitrogens with zero attached hydrogens (tertiary/aromatic N) is 2. The Morgan fingerprint density at radius 1 is 1.30 bits per heavy atom. The fraction of sp³-hybridized carbons (Fsp3) is 0.364. The Hall–Kier alpha value is -2.90. The van der Waals surface area contributed by atoms with Crippen molar-refractivity contribution in [1.82, 2.24) is 14.3 Å². The summed E-state index contributed by atoms with van der Waals surface area (Å²) in [6, 6.07) is 5.21. The van der Waals surface area contributed by atoms with Crippen LogP contribution in [0.2, 0.25) is 0 Å². The van der Waals surface area contributed by atoms with E-state index in [-0.39, 0.29) is 5.91 Å². The number of nitrogens with one attached hydrogen (secondary N) is 1. The monoisotopic (exact) mass is 413 g/mol. The van der Waals surface area contributed by atoms with E-state index in [9.17, 15) is 4.79 Å². The predicted molar refractivity (Wildman–Crippen MR) is 115 cm³/mol. The number of amides is 1. The van der Waals surface area contributed by atoms with Crippen LogP contribution in [0.4, 0.5) is 8.63 Å². The van der Waals surface area contributed by atoms with Crippen LogP contribution in [-0.4, -0.2) is 31.0 Å². The number of ether oxygens (including phenoxy) is 1. The molecule has 2 aliphatic rings. The minimum Gasteiger partial charge on any atom is -0.497 e. The van der Waals surface area contributed by atoms with Crippen LogP contribution >= 0.6 is 0 Å². The highest BCUT2D eigenvalue weighted by Crippen LogP contribution is 2.36. The van der Waals surface area contributed by atoms with E-state index in [1.165, 1.54) is 15.9 Å². The molecule has 1 N–H and O–H groups in total. The van der Waals surface area contributed by atoms with Crippen molar-refractivity contribution in [3.63, 3.8) is 0 Å². The van der Waals surface area contributed by atoms with Crippen LogP contribution in [0.15, 0.2) is 23.9 Å². The van der Waals surface area contributed by atoms with Crippen LogP contribution in [-0.2, 0) is 11.2 Å². The molecule has 30 heavy (non-hydrogen) atoms. The molecular weight excluding hydrogens is 387 g/mol. The highest BCUT2D eigenvalue weighted by Gasteiger charge is 2.53. The molecule has 158 valence electrons. The number of carbonyl (C=O) groups is 1. The molecule has 4 rings (SSSR count). The highest BCUT2D eigenvalue weighted by molar-refractivity contribution is 6.64. The maximum atomic E-state index is 16.0. The predicted octanol–water partition coefficient (Wildman–Crippen LogP) is 2.13. The smallest absolute Gasteiger partial charge is 0.497 e. The first-order chi connectivity index (χ1) is 14.2. The van der Waals surface area contributed by atoms with E-state index in [4.69, 9.17) is 4.74 Å². The number of benzene rings is 1. The van der Waals surface area contributed by atoms with E-state index < -0.39 is 6.97 Å². The average molecular weight is 413 g/mol. The number of aromatic nitrogens is 1. The largest absolute Gasteiger partial charge is 0.737 e. The molecule has 0 unspecified atom stereocenters. The van der Waals surface area contributed by atoms with Gasteiger partial charge in [0.15, 0.2) is 11.1 Å². The Morgan fingerprint density at radius 2 is 2.03 bits per heavy atom. The summed E-state index contributed by atoms with van der Waals surface area (Å²) >= 11 is 0. The number of rotatable bonds is 5. The van der Waals surface area contributed by atoms with Crippen molar-refractivity contribution in [2.24, 2.45) is 0 Å².